The van der Waals surface area contributed by atoms with Crippen molar-refractivity contribution in [2.45, 2.75) is 13.3 Å². The van der Waals surface area contributed by atoms with Crippen LogP contribution in [0.15, 0.2) is 36.4 Å². The number of aryl methyl sites for hydroxylation is 1. The highest BCUT2D eigenvalue weighted by Crippen LogP contribution is 2.29. The largest absolute Gasteiger partial charge is 0.478 e. The van der Waals surface area contributed by atoms with Crippen LogP contribution < -0.4 is 4.74 Å². The molecule has 2 aromatic rings. The number of hydrogen-bond donors (Lipinski definition) is 1. The average molecular weight is 248 g/mol. The maximum Gasteiger partial charge on any atom is 0.335 e. The fourth-order valence-electron chi connectivity index (χ4n) is 1.41. The zero-order valence-corrected chi connectivity index (χ0v) is 10.2. The normalized spacial score (nSPS) is 10.2. The van der Waals surface area contributed by atoms with Crippen molar-refractivity contribution in [3.8, 4) is 10.8 Å². The van der Waals surface area contributed by atoms with E-state index >= 15 is 0 Å². The maximum atomic E-state index is 10.8. The molecular weight excluding hydrogens is 236 g/mol. The third-order valence-corrected chi connectivity index (χ3v) is 3.39. The molecule has 3 nitrogen and oxygen atoms in total. The van der Waals surface area contributed by atoms with Gasteiger partial charge in [0.05, 0.1) is 5.56 Å². The summed E-state index contributed by atoms with van der Waals surface area (Å²) >= 11 is 1.57. The van der Waals surface area contributed by atoms with Crippen LogP contribution in [0.5, 0.6) is 10.8 Å². The van der Waals surface area contributed by atoms with Gasteiger partial charge < -0.3 is 9.84 Å². The lowest BCUT2D eigenvalue weighted by Crippen LogP contribution is -1.95. The molecule has 1 N–H and O–H groups in total. The fourth-order valence-corrected chi connectivity index (χ4v) is 2.22. The molecule has 2 rings (SSSR count). The molecular formula is C13H12O3S. The molecule has 0 radical (unpaired) electrons. The zero-order chi connectivity index (χ0) is 12.3. The van der Waals surface area contributed by atoms with Crippen molar-refractivity contribution in [1.29, 1.82) is 0 Å². The fraction of sp³-hybridized carbons (Fsp3) is 0.154. The second-order valence-electron chi connectivity index (χ2n) is 3.51. The predicted molar refractivity (Wildman–Crippen MR) is 67.2 cm³/mol. The molecule has 0 atom stereocenters. The van der Waals surface area contributed by atoms with Gasteiger partial charge in [-0.2, -0.15) is 0 Å². The van der Waals surface area contributed by atoms with Crippen LogP contribution in [0.25, 0.3) is 0 Å². The summed E-state index contributed by atoms with van der Waals surface area (Å²) in [4.78, 5) is 12.0. The van der Waals surface area contributed by atoms with E-state index in [2.05, 4.69) is 6.92 Å². The minimum atomic E-state index is -0.948. The molecule has 4 heteroatoms. The number of carboxylic acids is 1. The van der Waals surface area contributed by atoms with Crippen LogP contribution in [-0.2, 0) is 6.42 Å². The number of carbonyl (C=O) groups is 1. The van der Waals surface area contributed by atoms with Crippen LogP contribution in [0.2, 0.25) is 0 Å². The Morgan fingerprint density at radius 3 is 2.82 bits per heavy atom. The molecule has 0 aliphatic rings. The van der Waals surface area contributed by atoms with E-state index in [4.69, 9.17) is 9.84 Å². The van der Waals surface area contributed by atoms with E-state index in [1.807, 2.05) is 12.1 Å². The number of carboxylic acid groups (broad SMARTS) is 1. The molecule has 0 fully saturated rings. The third-order valence-electron chi connectivity index (χ3n) is 2.28. The van der Waals surface area contributed by atoms with Crippen LogP contribution in [0.1, 0.15) is 22.2 Å². The topological polar surface area (TPSA) is 46.5 Å². The quantitative estimate of drug-likeness (QED) is 0.895. The van der Waals surface area contributed by atoms with E-state index in [0.29, 0.717) is 5.75 Å². The Balaban J connectivity index is 2.18. The highest BCUT2D eigenvalue weighted by Gasteiger charge is 2.05. The summed E-state index contributed by atoms with van der Waals surface area (Å²) < 4.78 is 5.61. The lowest BCUT2D eigenvalue weighted by molar-refractivity contribution is 0.0696. The van der Waals surface area contributed by atoms with E-state index in [1.54, 1.807) is 29.5 Å². The minimum absolute atomic E-state index is 0.231. The standard InChI is InChI=1S/C13H12O3S/c1-2-11-6-7-12(17-11)16-10-5-3-4-9(8-10)13(14)15/h3-8H,2H2,1H3,(H,14,15). The molecule has 0 unspecified atom stereocenters. The first-order valence-electron chi connectivity index (χ1n) is 5.29. The van der Waals surface area contributed by atoms with Gasteiger partial charge in [-0.1, -0.05) is 13.0 Å². The number of benzene rings is 1. The molecule has 1 heterocycles. The predicted octanol–water partition coefficient (Wildman–Crippen LogP) is 3.80. The van der Waals surface area contributed by atoms with Crippen molar-refractivity contribution < 1.29 is 14.6 Å². The van der Waals surface area contributed by atoms with Crippen molar-refractivity contribution in [2.24, 2.45) is 0 Å². The lowest BCUT2D eigenvalue weighted by atomic mass is 10.2. The lowest BCUT2D eigenvalue weighted by Gasteiger charge is -2.03. The Hall–Kier alpha value is -1.81. The van der Waals surface area contributed by atoms with Gasteiger partial charge in [-0.25, -0.2) is 4.79 Å². The summed E-state index contributed by atoms with van der Waals surface area (Å²) in [5.74, 6) is -0.398. The maximum absolute atomic E-state index is 10.8. The van der Waals surface area contributed by atoms with E-state index in [0.717, 1.165) is 11.5 Å². The first-order chi connectivity index (χ1) is 8.19. The Bertz CT molecular complexity index is 531. The Morgan fingerprint density at radius 2 is 2.18 bits per heavy atom. The number of ether oxygens (including phenoxy) is 1. The van der Waals surface area contributed by atoms with Gasteiger partial charge in [0.2, 0.25) is 0 Å². The molecule has 0 aliphatic heterocycles. The SMILES string of the molecule is CCc1ccc(Oc2cccc(C(=O)O)c2)s1. The summed E-state index contributed by atoms with van der Waals surface area (Å²) in [5, 5.41) is 9.65. The van der Waals surface area contributed by atoms with E-state index < -0.39 is 5.97 Å². The molecule has 0 amide bonds. The molecule has 0 spiro atoms. The number of aromatic carboxylic acids is 1. The molecule has 1 aromatic heterocycles. The second-order valence-corrected chi connectivity index (χ2v) is 4.64. The number of rotatable bonds is 4. The van der Waals surface area contributed by atoms with Crippen LogP contribution in [0, 0.1) is 0 Å². The summed E-state index contributed by atoms with van der Waals surface area (Å²) in [5.41, 5.74) is 0.231. The summed E-state index contributed by atoms with van der Waals surface area (Å²) in [6, 6.07) is 10.4. The van der Waals surface area contributed by atoms with Crippen LogP contribution in [0.4, 0.5) is 0 Å². The molecule has 1 aromatic carbocycles. The monoisotopic (exact) mass is 248 g/mol. The Morgan fingerprint density at radius 1 is 1.35 bits per heavy atom. The Labute approximate surface area is 103 Å². The van der Waals surface area contributed by atoms with Gasteiger partial charge in [0.15, 0.2) is 5.06 Å². The van der Waals surface area contributed by atoms with Gasteiger partial charge in [-0.15, -0.1) is 11.3 Å². The molecule has 17 heavy (non-hydrogen) atoms. The summed E-state index contributed by atoms with van der Waals surface area (Å²) in [6.07, 6.45) is 0.975. The number of hydrogen-bond acceptors (Lipinski definition) is 3. The van der Waals surface area contributed by atoms with Crippen molar-refractivity contribution in [2.75, 3.05) is 0 Å². The molecule has 88 valence electrons. The zero-order valence-electron chi connectivity index (χ0n) is 9.34. The van der Waals surface area contributed by atoms with Crippen LogP contribution in [-0.4, -0.2) is 11.1 Å². The van der Waals surface area contributed by atoms with Gasteiger partial charge in [0.25, 0.3) is 0 Å². The minimum Gasteiger partial charge on any atom is -0.478 e. The van der Waals surface area contributed by atoms with E-state index in [1.165, 1.54) is 10.9 Å². The number of thiophene rings is 1. The van der Waals surface area contributed by atoms with Gasteiger partial charge in [-0.3, -0.25) is 0 Å². The highest BCUT2D eigenvalue weighted by atomic mass is 32.1. The molecule has 0 saturated carbocycles. The molecule has 0 bridgehead atoms. The van der Waals surface area contributed by atoms with E-state index in [-0.39, 0.29) is 5.56 Å². The molecule has 0 saturated heterocycles. The molecule has 0 aliphatic carbocycles. The first kappa shape index (κ1) is 11.7. The average Bonchev–Trinajstić information content (AvgIpc) is 2.77. The van der Waals surface area contributed by atoms with Gasteiger partial charge in [0, 0.05) is 4.88 Å². The highest BCUT2D eigenvalue weighted by molar-refractivity contribution is 7.13. The third kappa shape index (κ3) is 2.85. The first-order valence-corrected chi connectivity index (χ1v) is 6.10. The van der Waals surface area contributed by atoms with Crippen molar-refractivity contribution in [1.82, 2.24) is 0 Å². The van der Waals surface area contributed by atoms with Crippen LogP contribution in [0.3, 0.4) is 0 Å². The smallest absolute Gasteiger partial charge is 0.335 e. The van der Waals surface area contributed by atoms with Crippen molar-refractivity contribution in [3.05, 3.63) is 46.8 Å². The van der Waals surface area contributed by atoms with Crippen molar-refractivity contribution >= 4 is 17.3 Å². The van der Waals surface area contributed by atoms with Crippen molar-refractivity contribution in [3.63, 3.8) is 0 Å². The van der Waals surface area contributed by atoms with Gasteiger partial charge >= 0.3 is 5.97 Å². The van der Waals surface area contributed by atoms with E-state index in [9.17, 15) is 4.79 Å². The summed E-state index contributed by atoms with van der Waals surface area (Å²) in [6.45, 7) is 2.08. The second kappa shape index (κ2) is 5.01. The summed E-state index contributed by atoms with van der Waals surface area (Å²) in [7, 11) is 0. The Kier molecular flexibility index (Phi) is 3.44. The van der Waals surface area contributed by atoms with Crippen LogP contribution >= 0.6 is 11.3 Å². The van der Waals surface area contributed by atoms with Gasteiger partial charge in [-0.05, 0) is 36.8 Å². The van der Waals surface area contributed by atoms with Gasteiger partial charge in [0.1, 0.15) is 5.75 Å².